The zero-order valence-corrected chi connectivity index (χ0v) is 21.4. The van der Waals surface area contributed by atoms with Crippen LogP contribution in [0.5, 0.6) is 5.75 Å². The van der Waals surface area contributed by atoms with Crippen molar-refractivity contribution in [2.45, 2.75) is 46.1 Å². The minimum absolute atomic E-state index is 0.00575. The average molecular weight is 525 g/mol. The van der Waals surface area contributed by atoms with Gasteiger partial charge in [-0.1, -0.05) is 13.3 Å². The van der Waals surface area contributed by atoms with Crippen molar-refractivity contribution < 1.29 is 37.9 Å². The number of carbonyl (C=O) groups excluding carboxylic acids is 1. The van der Waals surface area contributed by atoms with Gasteiger partial charge in [0.2, 0.25) is 0 Å². The van der Waals surface area contributed by atoms with E-state index >= 15 is 0 Å². The minimum atomic E-state index is -4.25. The molecule has 13 heteroatoms. The van der Waals surface area contributed by atoms with Gasteiger partial charge in [0, 0.05) is 37.8 Å². The number of unbranched alkanes of at least 4 members (excludes halogenated alkanes) is 1. The number of imidazole rings is 1. The molecule has 3 rings (SSSR count). The van der Waals surface area contributed by atoms with Crippen LogP contribution in [0.25, 0.3) is 21.9 Å². The third kappa shape index (κ3) is 7.37. The van der Waals surface area contributed by atoms with Crippen LogP contribution in [0.2, 0.25) is 0 Å². The monoisotopic (exact) mass is 524 g/mol. The summed E-state index contributed by atoms with van der Waals surface area (Å²) in [5.74, 6) is 1.20. The number of benzene rings is 1. The van der Waals surface area contributed by atoms with Crippen molar-refractivity contribution in [1.29, 1.82) is 0 Å². The molecule has 0 amide bonds. The van der Waals surface area contributed by atoms with Gasteiger partial charge in [-0.2, -0.15) is 0 Å². The highest BCUT2D eigenvalue weighted by molar-refractivity contribution is 7.47. The lowest BCUT2D eigenvalue weighted by Crippen LogP contribution is -2.08. The second kappa shape index (κ2) is 13.0. The summed E-state index contributed by atoms with van der Waals surface area (Å²) in [6.45, 7) is 3.56. The number of phosphoric acid groups is 1. The maximum Gasteiger partial charge on any atom is 0.472 e. The molecule has 1 aromatic carbocycles. The van der Waals surface area contributed by atoms with Crippen LogP contribution in [-0.2, 0) is 36.1 Å². The van der Waals surface area contributed by atoms with Crippen LogP contribution in [0.4, 0.5) is 5.82 Å². The first-order chi connectivity index (χ1) is 17.3. The lowest BCUT2D eigenvalue weighted by atomic mass is 10.1. The number of esters is 1. The molecule has 0 bridgehead atoms. The molecule has 0 fully saturated rings. The summed E-state index contributed by atoms with van der Waals surface area (Å²) in [7, 11) is -4.25. The quantitative estimate of drug-likeness (QED) is 0.152. The van der Waals surface area contributed by atoms with Gasteiger partial charge in [0.05, 0.1) is 37.5 Å². The third-order valence-corrected chi connectivity index (χ3v) is 6.30. The first-order valence-electron chi connectivity index (χ1n) is 11.8. The zero-order valence-electron chi connectivity index (χ0n) is 20.5. The van der Waals surface area contributed by atoms with Crippen LogP contribution >= 0.6 is 7.82 Å². The number of phosphoric ester groups is 1. The number of hydrogen-bond acceptors (Lipinski definition) is 10. The van der Waals surface area contributed by atoms with Crippen molar-refractivity contribution >= 4 is 41.5 Å². The Balaban J connectivity index is 1.64. The second-order valence-electron chi connectivity index (χ2n) is 8.06. The standard InChI is InChI=1S/C23H33N4O8P/c1-3-4-6-20-26-21-22(27(20)9-10-28)18-8-7-17(15-19(18)25-23(21)24)33-13-14-35-36(30,31)34-12-5-11-32-16(2)29/h7-8,15,28H,3-6,9-14H2,1-2H3,(H2,24,25)(H,30,31). The molecule has 36 heavy (non-hydrogen) atoms. The highest BCUT2D eigenvalue weighted by Gasteiger charge is 2.21. The topological polar surface area (TPSA) is 168 Å². The van der Waals surface area contributed by atoms with Crippen LogP contribution in [0, 0.1) is 0 Å². The molecule has 0 saturated carbocycles. The van der Waals surface area contributed by atoms with Crippen molar-refractivity contribution in [1.82, 2.24) is 14.5 Å². The van der Waals surface area contributed by atoms with E-state index in [1.165, 1.54) is 6.92 Å². The molecule has 0 radical (unpaired) electrons. The highest BCUT2D eigenvalue weighted by atomic mass is 31.2. The van der Waals surface area contributed by atoms with E-state index in [1.54, 1.807) is 12.1 Å². The number of ether oxygens (including phenoxy) is 2. The first-order valence-corrected chi connectivity index (χ1v) is 13.3. The van der Waals surface area contributed by atoms with Gasteiger partial charge in [-0.3, -0.25) is 13.8 Å². The molecule has 0 aliphatic heterocycles. The predicted molar refractivity (Wildman–Crippen MR) is 134 cm³/mol. The number of nitrogens with zero attached hydrogens (tertiary/aromatic N) is 3. The Kier molecular flexibility index (Phi) is 10.0. The summed E-state index contributed by atoms with van der Waals surface area (Å²) in [5.41, 5.74) is 8.24. The number of anilines is 1. The fraction of sp³-hybridized carbons (Fsp3) is 0.522. The molecule has 2 heterocycles. The average Bonchev–Trinajstić information content (AvgIpc) is 3.19. The van der Waals surface area contributed by atoms with Crippen molar-refractivity contribution in [2.24, 2.45) is 0 Å². The van der Waals surface area contributed by atoms with E-state index in [0.29, 0.717) is 29.1 Å². The number of nitrogen functional groups attached to an aromatic ring is 1. The number of aromatic nitrogens is 3. The van der Waals surface area contributed by atoms with Gasteiger partial charge in [-0.25, -0.2) is 14.5 Å². The number of nitrogens with two attached hydrogens (primary N) is 1. The van der Waals surface area contributed by atoms with E-state index < -0.39 is 13.8 Å². The van der Waals surface area contributed by atoms with Gasteiger partial charge in [0.15, 0.2) is 5.82 Å². The molecule has 0 aliphatic rings. The van der Waals surface area contributed by atoms with Crippen molar-refractivity contribution in [2.75, 3.05) is 38.8 Å². The summed E-state index contributed by atoms with van der Waals surface area (Å²) in [6, 6.07) is 5.32. The smallest absolute Gasteiger partial charge is 0.472 e. The lowest BCUT2D eigenvalue weighted by Gasteiger charge is -2.13. The molecule has 1 atom stereocenters. The van der Waals surface area contributed by atoms with Crippen LogP contribution in [-0.4, -0.2) is 63.5 Å². The van der Waals surface area contributed by atoms with E-state index in [2.05, 4.69) is 11.9 Å². The Morgan fingerprint density at radius 2 is 1.92 bits per heavy atom. The molecule has 0 aliphatic carbocycles. The molecule has 3 aromatic rings. The summed E-state index contributed by atoms with van der Waals surface area (Å²) in [6.07, 6.45) is 3.04. The Morgan fingerprint density at radius 1 is 1.14 bits per heavy atom. The number of carbonyl (C=O) groups is 1. The summed E-state index contributed by atoms with van der Waals surface area (Å²) in [4.78, 5) is 29.6. The maximum atomic E-state index is 11.9. The van der Waals surface area contributed by atoms with Crippen LogP contribution < -0.4 is 10.5 Å². The number of aliphatic hydroxyl groups excluding tert-OH is 1. The summed E-state index contributed by atoms with van der Waals surface area (Å²) in [5, 5.41) is 10.4. The second-order valence-corrected chi connectivity index (χ2v) is 9.51. The number of aliphatic hydroxyl groups is 1. The van der Waals surface area contributed by atoms with Gasteiger partial charge in [0.1, 0.15) is 23.7 Å². The van der Waals surface area contributed by atoms with E-state index in [-0.39, 0.29) is 39.5 Å². The Morgan fingerprint density at radius 3 is 2.64 bits per heavy atom. The molecule has 12 nitrogen and oxygen atoms in total. The van der Waals surface area contributed by atoms with Crippen LogP contribution in [0.3, 0.4) is 0 Å². The lowest BCUT2D eigenvalue weighted by molar-refractivity contribution is -0.141. The predicted octanol–water partition coefficient (Wildman–Crippen LogP) is 2.97. The highest BCUT2D eigenvalue weighted by Crippen LogP contribution is 2.43. The molecule has 0 saturated heterocycles. The van der Waals surface area contributed by atoms with Gasteiger partial charge < -0.3 is 29.8 Å². The Labute approximate surface area is 208 Å². The van der Waals surface area contributed by atoms with E-state index in [4.69, 9.17) is 29.2 Å². The first kappa shape index (κ1) is 27.8. The molecule has 0 spiro atoms. The van der Waals surface area contributed by atoms with Crippen molar-refractivity contribution in [3.05, 3.63) is 24.0 Å². The minimum Gasteiger partial charge on any atom is -0.491 e. The van der Waals surface area contributed by atoms with Gasteiger partial charge >= 0.3 is 13.8 Å². The number of pyridine rings is 1. The van der Waals surface area contributed by atoms with E-state index in [1.807, 2.05) is 10.6 Å². The van der Waals surface area contributed by atoms with E-state index in [0.717, 1.165) is 36.0 Å². The van der Waals surface area contributed by atoms with Crippen molar-refractivity contribution in [3.63, 3.8) is 0 Å². The van der Waals surface area contributed by atoms with E-state index in [9.17, 15) is 19.4 Å². The van der Waals surface area contributed by atoms with Crippen LogP contribution in [0.1, 0.15) is 38.9 Å². The number of aryl methyl sites for hydroxylation is 1. The molecule has 4 N–H and O–H groups in total. The normalized spacial score (nSPS) is 13.2. The fourth-order valence-electron chi connectivity index (χ4n) is 3.70. The number of fused-ring (bicyclic) bond motifs is 3. The fourth-order valence-corrected chi connectivity index (χ4v) is 4.44. The third-order valence-electron chi connectivity index (χ3n) is 5.29. The molecule has 2 aromatic heterocycles. The zero-order chi connectivity index (χ0) is 26.1. The number of rotatable bonds is 15. The van der Waals surface area contributed by atoms with Crippen LogP contribution in [0.15, 0.2) is 18.2 Å². The number of hydrogen-bond donors (Lipinski definition) is 3. The summed E-state index contributed by atoms with van der Waals surface area (Å²) < 4.78 is 34.0. The molecule has 198 valence electrons. The molecular weight excluding hydrogens is 491 g/mol. The van der Waals surface area contributed by atoms with Gasteiger partial charge in [-0.15, -0.1) is 0 Å². The Hall–Kier alpha value is -2.76. The molecular formula is C23H33N4O8P. The van der Waals surface area contributed by atoms with Crippen molar-refractivity contribution in [3.8, 4) is 5.75 Å². The van der Waals surface area contributed by atoms with Gasteiger partial charge in [0.25, 0.3) is 0 Å². The largest absolute Gasteiger partial charge is 0.491 e. The maximum absolute atomic E-state index is 11.9. The van der Waals surface area contributed by atoms with Gasteiger partial charge in [-0.05, 0) is 18.6 Å². The Bertz CT molecular complexity index is 1230. The summed E-state index contributed by atoms with van der Waals surface area (Å²) >= 11 is 0. The SMILES string of the molecule is CCCCc1nc2c(N)nc3cc(OCCOP(=O)(O)OCCCOC(C)=O)ccc3c2n1CCO. The molecule has 1 unspecified atom stereocenters.